The fraction of sp³-hybridized carbons (Fsp3) is 0.258. The predicted octanol–water partition coefficient (Wildman–Crippen LogP) is 6.71. The molecule has 2 aromatic rings. The first-order valence-electron chi connectivity index (χ1n) is 12.4. The molecule has 0 radical (unpaired) electrons. The van der Waals surface area contributed by atoms with Gasteiger partial charge in [-0.3, -0.25) is 0 Å². The van der Waals surface area contributed by atoms with E-state index in [-0.39, 0.29) is 0 Å². The van der Waals surface area contributed by atoms with Crippen LogP contribution in [0.15, 0.2) is 96.4 Å². The number of nitrogens with one attached hydrogen (secondary N) is 1. The van der Waals surface area contributed by atoms with Crippen LogP contribution in [0.4, 0.5) is 5.69 Å². The van der Waals surface area contributed by atoms with Gasteiger partial charge in [0.25, 0.3) is 0 Å². The van der Waals surface area contributed by atoms with E-state index in [1.54, 1.807) is 0 Å². The number of benzene rings is 2. The number of nitriles is 1. The lowest BCUT2D eigenvalue weighted by Crippen LogP contribution is -2.36. The summed E-state index contributed by atoms with van der Waals surface area (Å²) in [6.45, 7) is 3.09. The first kappa shape index (κ1) is 20.8. The highest BCUT2D eigenvalue weighted by Crippen LogP contribution is 2.50. The molecule has 0 saturated carbocycles. The highest BCUT2D eigenvalue weighted by atomic mass is 15.2. The third-order valence-electron chi connectivity index (χ3n) is 7.58. The van der Waals surface area contributed by atoms with Crippen molar-refractivity contribution in [2.24, 2.45) is 5.92 Å². The molecule has 0 spiro atoms. The first-order valence-corrected chi connectivity index (χ1v) is 12.4. The number of dihydropyridines is 1. The van der Waals surface area contributed by atoms with Gasteiger partial charge in [-0.15, -0.1) is 0 Å². The van der Waals surface area contributed by atoms with Crippen molar-refractivity contribution < 1.29 is 0 Å². The van der Waals surface area contributed by atoms with Crippen molar-refractivity contribution in [1.82, 2.24) is 5.32 Å². The SMILES string of the molecule is CC1C=CC2c3ccccc3N(C3=C(c4ccc(C5=CCNC=C5C#N)cc4)C=CCC3)C2C1. The van der Waals surface area contributed by atoms with Crippen molar-refractivity contribution >= 4 is 16.8 Å². The van der Waals surface area contributed by atoms with Gasteiger partial charge in [0.1, 0.15) is 6.07 Å². The van der Waals surface area contributed by atoms with Crippen LogP contribution in [0.2, 0.25) is 0 Å². The number of hydrogen-bond acceptors (Lipinski definition) is 3. The Balaban J connectivity index is 1.42. The summed E-state index contributed by atoms with van der Waals surface area (Å²) >= 11 is 0. The second-order valence-corrected chi connectivity index (χ2v) is 9.69. The summed E-state index contributed by atoms with van der Waals surface area (Å²) in [4.78, 5) is 2.67. The van der Waals surface area contributed by atoms with Crippen LogP contribution < -0.4 is 10.2 Å². The molecule has 2 aromatic carbocycles. The summed E-state index contributed by atoms with van der Waals surface area (Å²) in [6, 6.07) is 20.5. The summed E-state index contributed by atoms with van der Waals surface area (Å²) in [5.74, 6) is 1.07. The summed E-state index contributed by atoms with van der Waals surface area (Å²) in [7, 11) is 0. The molecule has 0 bridgehead atoms. The van der Waals surface area contributed by atoms with E-state index in [0.717, 1.165) is 30.5 Å². The summed E-state index contributed by atoms with van der Waals surface area (Å²) in [5, 5.41) is 12.6. The van der Waals surface area contributed by atoms with Crippen LogP contribution >= 0.6 is 0 Å². The lowest BCUT2D eigenvalue weighted by Gasteiger charge is -2.37. The summed E-state index contributed by atoms with van der Waals surface area (Å²) < 4.78 is 0. The molecule has 1 N–H and O–H groups in total. The van der Waals surface area contributed by atoms with Crippen LogP contribution in [-0.2, 0) is 0 Å². The second-order valence-electron chi connectivity index (χ2n) is 9.69. The van der Waals surface area contributed by atoms with Crippen molar-refractivity contribution in [3.63, 3.8) is 0 Å². The smallest absolute Gasteiger partial charge is 0.101 e. The van der Waals surface area contributed by atoms with E-state index in [1.807, 2.05) is 6.20 Å². The molecule has 2 aliphatic heterocycles. The van der Waals surface area contributed by atoms with Gasteiger partial charge in [0.2, 0.25) is 0 Å². The van der Waals surface area contributed by atoms with E-state index in [1.165, 1.54) is 34.5 Å². The number of rotatable bonds is 3. The van der Waals surface area contributed by atoms with Crippen molar-refractivity contribution in [3.05, 3.63) is 113 Å². The number of allylic oxidation sites excluding steroid dienone is 7. The molecule has 3 nitrogen and oxygen atoms in total. The maximum atomic E-state index is 9.50. The highest BCUT2D eigenvalue weighted by molar-refractivity contribution is 5.86. The third kappa shape index (κ3) is 3.42. The monoisotopic (exact) mass is 443 g/mol. The minimum absolute atomic E-state index is 0.470. The Labute approximate surface area is 202 Å². The zero-order chi connectivity index (χ0) is 23.1. The topological polar surface area (TPSA) is 39.1 Å². The lowest BCUT2D eigenvalue weighted by molar-refractivity contribution is 0.474. The standard InChI is InChI=1S/C31H29N3/c1-21-10-15-28-27-7-3-5-9-30(27)34(31(28)18-21)29-8-4-2-6-26(29)23-13-11-22(12-14-23)25-16-17-33-20-24(25)19-32/h2-3,5-7,9-16,20-21,28,31,33H,4,8,17-18H2,1H3. The second kappa shape index (κ2) is 8.54. The van der Waals surface area contributed by atoms with E-state index in [0.29, 0.717) is 23.5 Å². The van der Waals surface area contributed by atoms with Crippen LogP contribution in [-0.4, -0.2) is 12.6 Å². The van der Waals surface area contributed by atoms with Crippen molar-refractivity contribution in [3.8, 4) is 6.07 Å². The number of para-hydroxylation sites is 1. The van der Waals surface area contributed by atoms with Crippen LogP contribution in [0.3, 0.4) is 0 Å². The van der Waals surface area contributed by atoms with Gasteiger partial charge in [0, 0.05) is 41.7 Å². The average molecular weight is 444 g/mol. The van der Waals surface area contributed by atoms with Gasteiger partial charge in [-0.25, -0.2) is 0 Å². The average Bonchev–Trinajstić information content (AvgIpc) is 3.22. The summed E-state index contributed by atoms with van der Waals surface area (Å²) in [6.07, 6.45) is 16.7. The number of hydrogen-bond donors (Lipinski definition) is 1. The van der Waals surface area contributed by atoms with Crippen LogP contribution in [0.1, 0.15) is 48.8 Å². The largest absolute Gasteiger partial charge is 0.386 e. The van der Waals surface area contributed by atoms with Crippen LogP contribution in [0.5, 0.6) is 0 Å². The zero-order valence-corrected chi connectivity index (χ0v) is 19.5. The molecule has 168 valence electrons. The van der Waals surface area contributed by atoms with Gasteiger partial charge in [0.15, 0.2) is 0 Å². The molecule has 4 aliphatic rings. The predicted molar refractivity (Wildman–Crippen MR) is 140 cm³/mol. The Kier molecular flexibility index (Phi) is 5.23. The highest BCUT2D eigenvalue weighted by Gasteiger charge is 2.41. The van der Waals surface area contributed by atoms with Crippen molar-refractivity contribution in [2.75, 3.05) is 11.4 Å². The Morgan fingerprint density at radius 1 is 1.03 bits per heavy atom. The van der Waals surface area contributed by atoms with E-state index < -0.39 is 0 Å². The Morgan fingerprint density at radius 3 is 2.71 bits per heavy atom. The molecule has 3 atom stereocenters. The summed E-state index contributed by atoms with van der Waals surface area (Å²) in [5.41, 5.74) is 9.64. The fourth-order valence-corrected chi connectivity index (χ4v) is 6.00. The van der Waals surface area contributed by atoms with Gasteiger partial charge >= 0.3 is 0 Å². The molecule has 6 rings (SSSR count). The van der Waals surface area contributed by atoms with Gasteiger partial charge in [0.05, 0.1) is 5.57 Å². The lowest BCUT2D eigenvalue weighted by atomic mass is 9.83. The van der Waals surface area contributed by atoms with Crippen LogP contribution in [0, 0.1) is 17.2 Å². The Bertz CT molecular complexity index is 1310. The van der Waals surface area contributed by atoms with E-state index in [2.05, 4.69) is 102 Å². The van der Waals surface area contributed by atoms with E-state index in [9.17, 15) is 5.26 Å². The van der Waals surface area contributed by atoms with E-state index >= 15 is 0 Å². The minimum atomic E-state index is 0.470. The zero-order valence-electron chi connectivity index (χ0n) is 19.5. The van der Waals surface area contributed by atoms with Gasteiger partial charge in [-0.1, -0.05) is 79.8 Å². The quantitative estimate of drug-likeness (QED) is 0.536. The fourth-order valence-electron chi connectivity index (χ4n) is 6.00. The number of anilines is 1. The van der Waals surface area contributed by atoms with Gasteiger partial charge in [-0.2, -0.15) is 5.26 Å². The molecular formula is C31H29N3. The maximum Gasteiger partial charge on any atom is 0.101 e. The van der Waals surface area contributed by atoms with Crippen molar-refractivity contribution in [2.45, 2.75) is 38.1 Å². The van der Waals surface area contributed by atoms with Gasteiger partial charge < -0.3 is 10.2 Å². The minimum Gasteiger partial charge on any atom is -0.386 e. The Morgan fingerprint density at radius 2 is 1.85 bits per heavy atom. The molecule has 3 heteroatoms. The molecule has 3 unspecified atom stereocenters. The normalized spacial score (nSPS) is 25.2. The van der Waals surface area contributed by atoms with Crippen LogP contribution in [0.25, 0.3) is 11.1 Å². The third-order valence-corrected chi connectivity index (χ3v) is 7.58. The Hall–Kier alpha value is -3.77. The number of fused-ring (bicyclic) bond motifs is 3. The first-order chi connectivity index (χ1) is 16.7. The molecular weight excluding hydrogens is 414 g/mol. The van der Waals surface area contributed by atoms with E-state index in [4.69, 9.17) is 0 Å². The molecule has 34 heavy (non-hydrogen) atoms. The molecule has 0 aromatic heterocycles. The molecule has 2 aliphatic carbocycles. The molecule has 0 fully saturated rings. The molecule has 0 saturated heterocycles. The number of nitrogens with zero attached hydrogens (tertiary/aromatic N) is 2. The molecule has 0 amide bonds. The van der Waals surface area contributed by atoms with Crippen molar-refractivity contribution in [1.29, 1.82) is 5.26 Å². The van der Waals surface area contributed by atoms with Gasteiger partial charge in [-0.05, 0) is 53.5 Å². The maximum absolute atomic E-state index is 9.50. The molecule has 2 heterocycles.